The summed E-state index contributed by atoms with van der Waals surface area (Å²) in [5.74, 6) is 2.32. The molecule has 3 heterocycles. The zero-order valence-electron chi connectivity index (χ0n) is 15.4. The van der Waals surface area contributed by atoms with Gasteiger partial charge in [0.15, 0.2) is 11.5 Å². The highest BCUT2D eigenvalue weighted by Crippen LogP contribution is 2.49. The van der Waals surface area contributed by atoms with Crippen LogP contribution in [0, 0.1) is 0 Å². The van der Waals surface area contributed by atoms with Crippen molar-refractivity contribution in [2.24, 2.45) is 5.10 Å². The molecule has 3 aliphatic heterocycles. The number of benzene rings is 3. The van der Waals surface area contributed by atoms with E-state index in [1.807, 2.05) is 59.6 Å². The van der Waals surface area contributed by atoms with Crippen LogP contribution < -0.4 is 14.2 Å². The highest BCUT2D eigenvalue weighted by Gasteiger charge is 2.41. The molecule has 144 valence electrons. The Hall–Kier alpha value is -3.18. The maximum atomic E-state index is 6.39. The van der Waals surface area contributed by atoms with Crippen molar-refractivity contribution in [3.63, 3.8) is 0 Å². The third-order valence-corrected chi connectivity index (χ3v) is 5.78. The van der Waals surface area contributed by atoms with Crippen LogP contribution in [0.4, 0.5) is 0 Å². The molecule has 0 amide bonds. The van der Waals surface area contributed by atoms with Crippen molar-refractivity contribution < 1.29 is 14.2 Å². The van der Waals surface area contributed by atoms with Gasteiger partial charge >= 0.3 is 0 Å². The van der Waals surface area contributed by atoms with Gasteiger partial charge < -0.3 is 14.2 Å². The van der Waals surface area contributed by atoms with Crippen molar-refractivity contribution in [3.05, 3.63) is 88.4 Å². The quantitative estimate of drug-likeness (QED) is 0.580. The van der Waals surface area contributed by atoms with Gasteiger partial charge in [0.1, 0.15) is 5.75 Å². The van der Waals surface area contributed by atoms with Crippen molar-refractivity contribution >= 4 is 17.3 Å². The number of hydrazone groups is 1. The average molecular weight is 405 g/mol. The number of ether oxygens (including phenoxy) is 3. The van der Waals surface area contributed by atoms with Gasteiger partial charge in [-0.1, -0.05) is 41.9 Å². The molecule has 3 aromatic carbocycles. The summed E-state index contributed by atoms with van der Waals surface area (Å²) in [6, 6.07) is 22.0. The summed E-state index contributed by atoms with van der Waals surface area (Å²) >= 11 is 6.30. The van der Waals surface area contributed by atoms with E-state index in [-0.39, 0.29) is 19.1 Å². The molecule has 29 heavy (non-hydrogen) atoms. The molecule has 0 aromatic heterocycles. The first-order valence-corrected chi connectivity index (χ1v) is 9.91. The SMILES string of the molecule is Clc1ccc2c(c1)[C@@H]1CC(c3ccccc3)=NN1[C@@H](c1ccc3c(c1)OCO3)O2. The van der Waals surface area contributed by atoms with Crippen LogP contribution in [-0.2, 0) is 0 Å². The minimum absolute atomic E-state index is 0.0584. The van der Waals surface area contributed by atoms with E-state index in [2.05, 4.69) is 12.1 Å². The van der Waals surface area contributed by atoms with Gasteiger partial charge in [-0.2, -0.15) is 5.10 Å². The van der Waals surface area contributed by atoms with Crippen LogP contribution in [0.15, 0.2) is 71.8 Å². The zero-order chi connectivity index (χ0) is 19.4. The van der Waals surface area contributed by atoms with Crippen LogP contribution in [0.5, 0.6) is 17.2 Å². The largest absolute Gasteiger partial charge is 0.464 e. The molecule has 2 atom stereocenters. The average Bonchev–Trinajstić information content (AvgIpc) is 3.41. The Bertz CT molecular complexity index is 1130. The van der Waals surface area contributed by atoms with E-state index < -0.39 is 0 Å². The van der Waals surface area contributed by atoms with Gasteiger partial charge in [0.2, 0.25) is 13.0 Å². The predicted molar refractivity (Wildman–Crippen MR) is 110 cm³/mol. The summed E-state index contributed by atoms with van der Waals surface area (Å²) in [7, 11) is 0. The van der Waals surface area contributed by atoms with Crippen molar-refractivity contribution in [2.45, 2.75) is 18.7 Å². The molecule has 5 nitrogen and oxygen atoms in total. The molecular weight excluding hydrogens is 388 g/mol. The van der Waals surface area contributed by atoms with Crippen molar-refractivity contribution in [1.29, 1.82) is 0 Å². The first-order valence-electron chi connectivity index (χ1n) is 9.53. The summed E-state index contributed by atoms with van der Waals surface area (Å²) in [6.45, 7) is 0.244. The molecule has 6 rings (SSSR count). The highest BCUT2D eigenvalue weighted by molar-refractivity contribution is 6.30. The summed E-state index contributed by atoms with van der Waals surface area (Å²) in [6.07, 6.45) is 0.436. The molecular formula is C23H17ClN2O3. The first kappa shape index (κ1) is 16.7. The summed E-state index contributed by atoms with van der Waals surface area (Å²) in [4.78, 5) is 0. The van der Waals surface area contributed by atoms with Crippen LogP contribution >= 0.6 is 11.6 Å². The van der Waals surface area contributed by atoms with E-state index in [9.17, 15) is 0 Å². The van der Waals surface area contributed by atoms with E-state index in [0.717, 1.165) is 46.1 Å². The summed E-state index contributed by atoms with van der Waals surface area (Å²) in [5, 5.41) is 7.71. The highest BCUT2D eigenvalue weighted by atomic mass is 35.5. The van der Waals surface area contributed by atoms with Gasteiger partial charge in [0.25, 0.3) is 0 Å². The van der Waals surface area contributed by atoms with Crippen molar-refractivity contribution in [3.8, 4) is 17.2 Å². The Labute approximate surface area is 173 Å². The fourth-order valence-corrected chi connectivity index (χ4v) is 4.33. The number of rotatable bonds is 2. The van der Waals surface area contributed by atoms with Crippen molar-refractivity contribution in [1.82, 2.24) is 5.01 Å². The first-order chi connectivity index (χ1) is 14.3. The van der Waals surface area contributed by atoms with E-state index in [0.29, 0.717) is 5.02 Å². The molecule has 0 N–H and O–H groups in total. The zero-order valence-corrected chi connectivity index (χ0v) is 16.2. The van der Waals surface area contributed by atoms with Gasteiger partial charge in [-0.25, -0.2) is 5.01 Å². The van der Waals surface area contributed by atoms with E-state index in [1.165, 1.54) is 0 Å². The molecule has 0 bridgehead atoms. The minimum Gasteiger partial charge on any atom is -0.464 e. The number of fused-ring (bicyclic) bond motifs is 4. The summed E-state index contributed by atoms with van der Waals surface area (Å²) in [5.41, 5.74) is 4.19. The van der Waals surface area contributed by atoms with E-state index >= 15 is 0 Å². The topological polar surface area (TPSA) is 43.3 Å². The smallest absolute Gasteiger partial charge is 0.231 e. The van der Waals surface area contributed by atoms with Gasteiger partial charge in [-0.3, -0.25) is 0 Å². The maximum Gasteiger partial charge on any atom is 0.231 e. The normalized spacial score (nSPS) is 21.3. The second kappa shape index (κ2) is 6.42. The predicted octanol–water partition coefficient (Wildman–Crippen LogP) is 5.31. The lowest BCUT2D eigenvalue weighted by atomic mass is 9.96. The Kier molecular flexibility index (Phi) is 3.71. The van der Waals surface area contributed by atoms with Gasteiger partial charge in [-0.05, 0) is 42.0 Å². The Balaban J connectivity index is 1.46. The molecule has 0 saturated carbocycles. The third-order valence-electron chi connectivity index (χ3n) is 5.54. The fourth-order valence-electron chi connectivity index (χ4n) is 4.15. The summed E-state index contributed by atoms with van der Waals surface area (Å²) < 4.78 is 17.4. The standard InChI is InChI=1S/C23H17ClN2O3/c24-16-7-9-20-17(11-16)19-12-18(14-4-2-1-3-5-14)25-26(19)23(29-20)15-6-8-21-22(10-15)28-13-27-21/h1-11,19,23H,12-13H2/t19-,23+/m0/s1. The molecule has 0 fully saturated rings. The van der Waals surface area contributed by atoms with E-state index in [4.69, 9.17) is 30.9 Å². The lowest BCUT2D eigenvalue weighted by molar-refractivity contribution is -0.0191. The second-order valence-electron chi connectivity index (χ2n) is 7.28. The van der Waals surface area contributed by atoms with Crippen LogP contribution in [0.25, 0.3) is 0 Å². The molecule has 3 aromatic rings. The molecule has 0 radical (unpaired) electrons. The van der Waals surface area contributed by atoms with Crippen LogP contribution in [0.3, 0.4) is 0 Å². The van der Waals surface area contributed by atoms with Gasteiger partial charge in [0, 0.05) is 22.6 Å². The monoisotopic (exact) mass is 404 g/mol. The number of nitrogens with zero attached hydrogens (tertiary/aromatic N) is 2. The fraction of sp³-hybridized carbons (Fsp3) is 0.174. The number of halogens is 1. The Morgan fingerprint density at radius 3 is 2.62 bits per heavy atom. The Morgan fingerprint density at radius 1 is 0.897 bits per heavy atom. The Morgan fingerprint density at radius 2 is 1.72 bits per heavy atom. The third kappa shape index (κ3) is 2.73. The molecule has 0 unspecified atom stereocenters. The molecule has 0 saturated heterocycles. The lowest BCUT2D eigenvalue weighted by Gasteiger charge is -2.38. The minimum atomic E-state index is -0.357. The van der Waals surface area contributed by atoms with Crippen LogP contribution in [-0.4, -0.2) is 17.5 Å². The lowest BCUT2D eigenvalue weighted by Crippen LogP contribution is -2.33. The van der Waals surface area contributed by atoms with E-state index in [1.54, 1.807) is 0 Å². The molecule has 0 spiro atoms. The molecule has 6 heteroatoms. The molecule has 3 aliphatic rings. The maximum absolute atomic E-state index is 6.39. The number of hydrogen-bond acceptors (Lipinski definition) is 5. The number of hydrogen-bond donors (Lipinski definition) is 0. The molecule has 0 aliphatic carbocycles. The van der Waals surface area contributed by atoms with Crippen LogP contribution in [0.2, 0.25) is 5.02 Å². The van der Waals surface area contributed by atoms with Gasteiger partial charge in [-0.15, -0.1) is 0 Å². The van der Waals surface area contributed by atoms with Crippen LogP contribution in [0.1, 0.15) is 35.4 Å². The second-order valence-corrected chi connectivity index (χ2v) is 7.71. The van der Waals surface area contributed by atoms with Gasteiger partial charge in [0.05, 0.1) is 11.8 Å². The van der Waals surface area contributed by atoms with Crippen molar-refractivity contribution in [2.75, 3.05) is 6.79 Å².